The van der Waals surface area contributed by atoms with E-state index in [1.807, 2.05) is 0 Å². The number of ether oxygens (including phenoxy) is 1. The molecular formula is C16H17N3O2. The summed E-state index contributed by atoms with van der Waals surface area (Å²) >= 11 is 0. The highest BCUT2D eigenvalue weighted by Gasteiger charge is 2.18. The molecule has 0 aliphatic heterocycles. The zero-order chi connectivity index (χ0) is 14.8. The molecule has 1 aliphatic rings. The van der Waals surface area contributed by atoms with Gasteiger partial charge in [0.25, 0.3) is 0 Å². The summed E-state index contributed by atoms with van der Waals surface area (Å²) in [6, 6.07) is 5.06. The van der Waals surface area contributed by atoms with Gasteiger partial charge in [-0.3, -0.25) is 4.79 Å². The van der Waals surface area contributed by atoms with Crippen LogP contribution in [-0.2, 0) is 12.8 Å². The Hall–Kier alpha value is -2.43. The van der Waals surface area contributed by atoms with Crippen molar-refractivity contribution in [1.29, 1.82) is 0 Å². The van der Waals surface area contributed by atoms with E-state index in [0.717, 1.165) is 36.9 Å². The third-order valence-electron chi connectivity index (χ3n) is 3.67. The normalized spacial score (nSPS) is 13.6. The number of carbonyl (C=O) groups is 1. The van der Waals surface area contributed by atoms with Crippen molar-refractivity contribution >= 4 is 11.5 Å². The summed E-state index contributed by atoms with van der Waals surface area (Å²) in [5.74, 6) is 0.954. The molecule has 1 heterocycles. The minimum absolute atomic E-state index is 0.0831. The molecule has 0 atom stereocenters. The second-order valence-electron chi connectivity index (χ2n) is 5.23. The van der Waals surface area contributed by atoms with Gasteiger partial charge in [0.2, 0.25) is 5.88 Å². The van der Waals surface area contributed by atoms with Gasteiger partial charge < -0.3 is 10.5 Å². The van der Waals surface area contributed by atoms with Crippen molar-refractivity contribution in [3.8, 4) is 11.6 Å². The van der Waals surface area contributed by atoms with Gasteiger partial charge in [0, 0.05) is 11.3 Å². The molecular weight excluding hydrogens is 266 g/mol. The number of aromatic nitrogens is 2. The molecule has 21 heavy (non-hydrogen) atoms. The lowest BCUT2D eigenvalue weighted by Gasteiger charge is -2.18. The topological polar surface area (TPSA) is 78.1 Å². The fourth-order valence-electron chi connectivity index (χ4n) is 2.59. The van der Waals surface area contributed by atoms with Gasteiger partial charge in [-0.2, -0.15) is 0 Å². The van der Waals surface area contributed by atoms with Crippen LogP contribution in [0.4, 0.5) is 5.69 Å². The molecule has 0 saturated heterocycles. The Balaban J connectivity index is 2.00. The Morgan fingerprint density at radius 2 is 2.05 bits per heavy atom. The van der Waals surface area contributed by atoms with Crippen LogP contribution in [0.5, 0.6) is 11.6 Å². The van der Waals surface area contributed by atoms with Crippen LogP contribution in [0.25, 0.3) is 0 Å². The molecule has 0 unspecified atom stereocenters. The standard InChI is InChI=1S/C16H17N3O2/c1-10(20)13-8-11(17)6-7-15(13)21-16-12-4-2-3-5-14(12)18-9-19-16/h6-9H,2-5,17H2,1H3. The zero-order valence-electron chi connectivity index (χ0n) is 11.9. The van der Waals surface area contributed by atoms with Gasteiger partial charge in [-0.05, 0) is 50.8 Å². The molecule has 2 aromatic rings. The van der Waals surface area contributed by atoms with Crippen LogP contribution in [0.1, 0.15) is 41.4 Å². The maximum Gasteiger partial charge on any atom is 0.225 e. The first kappa shape index (κ1) is 13.5. The summed E-state index contributed by atoms with van der Waals surface area (Å²) in [5.41, 5.74) is 8.84. The van der Waals surface area contributed by atoms with Crippen LogP contribution in [0.3, 0.4) is 0 Å². The minimum Gasteiger partial charge on any atom is -0.438 e. The third kappa shape index (κ3) is 2.72. The molecule has 0 saturated carbocycles. The molecule has 0 radical (unpaired) electrons. The van der Waals surface area contributed by atoms with Crippen molar-refractivity contribution in [1.82, 2.24) is 9.97 Å². The van der Waals surface area contributed by atoms with Crippen LogP contribution < -0.4 is 10.5 Å². The Morgan fingerprint density at radius 1 is 1.24 bits per heavy atom. The molecule has 1 aromatic heterocycles. The van der Waals surface area contributed by atoms with Crippen LogP contribution in [0.2, 0.25) is 0 Å². The van der Waals surface area contributed by atoms with Crippen molar-refractivity contribution in [2.75, 3.05) is 5.73 Å². The fraction of sp³-hybridized carbons (Fsp3) is 0.312. The summed E-state index contributed by atoms with van der Waals surface area (Å²) in [6.07, 6.45) is 5.64. The number of nitrogens with zero attached hydrogens (tertiary/aromatic N) is 2. The molecule has 0 spiro atoms. The molecule has 0 amide bonds. The molecule has 0 bridgehead atoms. The van der Waals surface area contributed by atoms with E-state index in [1.54, 1.807) is 18.2 Å². The van der Waals surface area contributed by atoms with Gasteiger partial charge in [-0.25, -0.2) is 9.97 Å². The number of nitrogens with two attached hydrogens (primary N) is 1. The number of hydrogen-bond acceptors (Lipinski definition) is 5. The van der Waals surface area contributed by atoms with Gasteiger partial charge in [-0.15, -0.1) is 0 Å². The molecule has 1 aromatic carbocycles. The number of carbonyl (C=O) groups excluding carboxylic acids is 1. The first-order valence-corrected chi connectivity index (χ1v) is 7.06. The van der Waals surface area contributed by atoms with Crippen LogP contribution in [-0.4, -0.2) is 15.8 Å². The number of Topliss-reactive ketones (excluding diaryl/α,β-unsaturated/α-hetero) is 1. The SMILES string of the molecule is CC(=O)c1cc(N)ccc1Oc1ncnc2c1CCCC2. The smallest absolute Gasteiger partial charge is 0.225 e. The number of anilines is 1. The second kappa shape index (κ2) is 5.52. The molecule has 0 fully saturated rings. The van der Waals surface area contributed by atoms with Gasteiger partial charge >= 0.3 is 0 Å². The largest absolute Gasteiger partial charge is 0.438 e. The summed E-state index contributed by atoms with van der Waals surface area (Å²) in [5, 5.41) is 0. The van der Waals surface area contributed by atoms with Gasteiger partial charge in [0.15, 0.2) is 5.78 Å². The fourth-order valence-corrected chi connectivity index (χ4v) is 2.59. The quantitative estimate of drug-likeness (QED) is 0.692. The second-order valence-corrected chi connectivity index (χ2v) is 5.23. The Kier molecular flexibility index (Phi) is 3.56. The number of fused-ring (bicyclic) bond motifs is 1. The van der Waals surface area contributed by atoms with E-state index in [9.17, 15) is 4.79 Å². The Bertz CT molecular complexity index is 698. The van der Waals surface area contributed by atoms with Crippen molar-refractivity contribution in [2.45, 2.75) is 32.6 Å². The van der Waals surface area contributed by atoms with E-state index >= 15 is 0 Å². The first-order valence-electron chi connectivity index (χ1n) is 7.06. The molecule has 5 heteroatoms. The summed E-state index contributed by atoms with van der Waals surface area (Å²) in [4.78, 5) is 20.3. The van der Waals surface area contributed by atoms with E-state index in [2.05, 4.69) is 9.97 Å². The average molecular weight is 283 g/mol. The summed E-state index contributed by atoms with van der Waals surface area (Å²) in [7, 11) is 0. The third-order valence-corrected chi connectivity index (χ3v) is 3.67. The van der Waals surface area contributed by atoms with Gasteiger partial charge in [0.1, 0.15) is 12.1 Å². The lowest BCUT2D eigenvalue weighted by molar-refractivity contribution is 0.101. The van der Waals surface area contributed by atoms with Crippen LogP contribution in [0, 0.1) is 0 Å². The maximum absolute atomic E-state index is 11.7. The van der Waals surface area contributed by atoms with E-state index < -0.39 is 0 Å². The summed E-state index contributed by atoms with van der Waals surface area (Å²) < 4.78 is 5.90. The molecule has 108 valence electrons. The zero-order valence-corrected chi connectivity index (χ0v) is 11.9. The lowest BCUT2D eigenvalue weighted by atomic mass is 9.97. The van der Waals surface area contributed by atoms with Crippen molar-refractivity contribution in [3.05, 3.63) is 41.3 Å². The van der Waals surface area contributed by atoms with Gasteiger partial charge in [0.05, 0.1) is 11.3 Å². The van der Waals surface area contributed by atoms with E-state index in [4.69, 9.17) is 10.5 Å². The number of benzene rings is 1. The predicted octanol–water partition coefficient (Wildman–Crippen LogP) is 2.93. The van der Waals surface area contributed by atoms with Crippen LogP contribution >= 0.6 is 0 Å². The first-order chi connectivity index (χ1) is 10.1. The highest BCUT2D eigenvalue weighted by molar-refractivity contribution is 5.97. The highest BCUT2D eigenvalue weighted by Crippen LogP contribution is 2.32. The van der Waals surface area contributed by atoms with E-state index in [-0.39, 0.29) is 5.78 Å². The average Bonchev–Trinajstić information content (AvgIpc) is 2.49. The Morgan fingerprint density at radius 3 is 2.86 bits per heavy atom. The molecule has 1 aliphatic carbocycles. The van der Waals surface area contributed by atoms with Crippen molar-refractivity contribution in [2.24, 2.45) is 0 Å². The molecule has 3 rings (SSSR count). The molecule has 5 nitrogen and oxygen atoms in total. The lowest BCUT2D eigenvalue weighted by Crippen LogP contribution is -2.09. The van der Waals surface area contributed by atoms with E-state index in [1.165, 1.54) is 13.3 Å². The van der Waals surface area contributed by atoms with Gasteiger partial charge in [-0.1, -0.05) is 0 Å². The number of nitrogen functional groups attached to an aromatic ring is 1. The number of rotatable bonds is 3. The van der Waals surface area contributed by atoms with E-state index in [0.29, 0.717) is 22.9 Å². The van der Waals surface area contributed by atoms with Crippen LogP contribution in [0.15, 0.2) is 24.5 Å². The van der Waals surface area contributed by atoms with Crippen molar-refractivity contribution < 1.29 is 9.53 Å². The monoisotopic (exact) mass is 283 g/mol. The predicted molar refractivity (Wildman–Crippen MR) is 79.6 cm³/mol. The number of ketones is 1. The molecule has 2 N–H and O–H groups in total. The number of hydrogen-bond donors (Lipinski definition) is 1. The highest BCUT2D eigenvalue weighted by atomic mass is 16.5. The minimum atomic E-state index is -0.0831. The van der Waals surface area contributed by atoms with Crippen molar-refractivity contribution in [3.63, 3.8) is 0 Å². The Labute approximate surface area is 123 Å². The maximum atomic E-state index is 11.7. The summed E-state index contributed by atoms with van der Waals surface area (Å²) in [6.45, 7) is 1.50. The number of aryl methyl sites for hydroxylation is 1.